The largest absolute Gasteiger partial charge is 0.396 e. The van der Waals surface area contributed by atoms with Crippen LogP contribution in [0.4, 0.5) is 5.69 Å². The van der Waals surface area contributed by atoms with Crippen LogP contribution in [0, 0.1) is 6.92 Å². The summed E-state index contributed by atoms with van der Waals surface area (Å²) < 4.78 is 25.6. The summed E-state index contributed by atoms with van der Waals surface area (Å²) >= 11 is 5.78. The number of aliphatic hydroxyl groups is 1. The van der Waals surface area contributed by atoms with Crippen molar-refractivity contribution in [2.75, 3.05) is 17.1 Å². The van der Waals surface area contributed by atoms with Crippen LogP contribution in [0.1, 0.15) is 12.0 Å². The second-order valence-corrected chi connectivity index (χ2v) is 5.74. The maximum atomic E-state index is 11.6. The second kappa shape index (κ2) is 5.52. The normalized spacial score (nSPS) is 11.4. The predicted octanol–water partition coefficient (Wildman–Crippen LogP) is 1.77. The SMILES string of the molecule is Cc1ccc(Cl)cc1NS(=O)(=O)CCCO. The Labute approximate surface area is 100 Å². The number of benzene rings is 1. The standard InChI is InChI=1S/C10H14ClNO3S/c1-8-3-4-9(11)7-10(8)12-16(14,15)6-2-5-13/h3-4,7,12-13H,2,5-6H2,1H3. The molecule has 1 rings (SSSR count). The lowest BCUT2D eigenvalue weighted by Gasteiger charge is -2.10. The number of hydrogen-bond donors (Lipinski definition) is 2. The van der Waals surface area contributed by atoms with Gasteiger partial charge in [-0.15, -0.1) is 0 Å². The van der Waals surface area contributed by atoms with Crippen LogP contribution in [0.3, 0.4) is 0 Å². The Morgan fingerprint density at radius 1 is 1.44 bits per heavy atom. The summed E-state index contributed by atoms with van der Waals surface area (Å²) in [6, 6.07) is 5.00. The van der Waals surface area contributed by atoms with Crippen molar-refractivity contribution in [3.63, 3.8) is 0 Å². The number of aryl methyl sites for hydroxylation is 1. The molecule has 2 N–H and O–H groups in total. The minimum Gasteiger partial charge on any atom is -0.396 e. The number of halogens is 1. The Morgan fingerprint density at radius 2 is 2.12 bits per heavy atom. The van der Waals surface area contributed by atoms with Crippen LogP contribution in [0.15, 0.2) is 18.2 Å². The maximum Gasteiger partial charge on any atom is 0.232 e. The topological polar surface area (TPSA) is 66.4 Å². The smallest absolute Gasteiger partial charge is 0.232 e. The number of anilines is 1. The van der Waals surface area contributed by atoms with Crippen LogP contribution in [-0.2, 0) is 10.0 Å². The van der Waals surface area contributed by atoms with E-state index >= 15 is 0 Å². The van der Waals surface area contributed by atoms with E-state index in [0.29, 0.717) is 10.7 Å². The van der Waals surface area contributed by atoms with Gasteiger partial charge in [-0.05, 0) is 31.0 Å². The molecule has 16 heavy (non-hydrogen) atoms. The highest BCUT2D eigenvalue weighted by Crippen LogP contribution is 2.21. The molecule has 0 aliphatic rings. The lowest BCUT2D eigenvalue weighted by atomic mass is 10.2. The zero-order valence-electron chi connectivity index (χ0n) is 8.90. The first kappa shape index (κ1) is 13.3. The van der Waals surface area contributed by atoms with Gasteiger partial charge in [-0.25, -0.2) is 8.42 Å². The third-order valence-electron chi connectivity index (χ3n) is 2.04. The molecule has 0 aromatic heterocycles. The van der Waals surface area contributed by atoms with Crippen molar-refractivity contribution in [1.29, 1.82) is 0 Å². The summed E-state index contributed by atoms with van der Waals surface area (Å²) in [4.78, 5) is 0. The molecule has 0 saturated heterocycles. The van der Waals surface area contributed by atoms with E-state index in [1.807, 2.05) is 0 Å². The Kier molecular flexibility index (Phi) is 4.58. The van der Waals surface area contributed by atoms with Gasteiger partial charge in [0.05, 0.1) is 11.4 Å². The molecule has 0 aliphatic carbocycles. The number of aliphatic hydroxyl groups excluding tert-OH is 1. The van der Waals surface area contributed by atoms with Crippen LogP contribution < -0.4 is 4.72 Å². The Hall–Kier alpha value is -0.780. The van der Waals surface area contributed by atoms with Gasteiger partial charge in [0.15, 0.2) is 0 Å². The highest BCUT2D eigenvalue weighted by Gasteiger charge is 2.11. The molecule has 0 amide bonds. The van der Waals surface area contributed by atoms with Crippen molar-refractivity contribution in [1.82, 2.24) is 0 Å². The van der Waals surface area contributed by atoms with Crippen molar-refractivity contribution < 1.29 is 13.5 Å². The zero-order valence-corrected chi connectivity index (χ0v) is 10.5. The molecule has 0 fully saturated rings. The van der Waals surface area contributed by atoms with Crippen molar-refractivity contribution in [2.45, 2.75) is 13.3 Å². The highest BCUT2D eigenvalue weighted by atomic mass is 35.5. The molecular formula is C10H14ClNO3S. The molecule has 1 aromatic rings. The highest BCUT2D eigenvalue weighted by molar-refractivity contribution is 7.92. The molecule has 0 aliphatic heterocycles. The number of nitrogens with one attached hydrogen (secondary N) is 1. The van der Waals surface area contributed by atoms with Crippen LogP contribution in [0.25, 0.3) is 0 Å². The third-order valence-corrected chi connectivity index (χ3v) is 3.63. The van der Waals surface area contributed by atoms with Crippen LogP contribution in [-0.4, -0.2) is 25.9 Å². The van der Waals surface area contributed by atoms with Crippen molar-refractivity contribution in [2.24, 2.45) is 0 Å². The minimum absolute atomic E-state index is 0.102. The van der Waals surface area contributed by atoms with Crippen LogP contribution in [0.2, 0.25) is 5.02 Å². The van der Waals surface area contributed by atoms with Gasteiger partial charge in [-0.1, -0.05) is 17.7 Å². The van der Waals surface area contributed by atoms with Gasteiger partial charge in [-0.2, -0.15) is 0 Å². The number of sulfonamides is 1. The number of rotatable bonds is 5. The maximum absolute atomic E-state index is 11.6. The van der Waals surface area contributed by atoms with Crippen molar-refractivity contribution in [3.05, 3.63) is 28.8 Å². The molecule has 0 spiro atoms. The molecule has 4 nitrogen and oxygen atoms in total. The summed E-state index contributed by atoms with van der Waals surface area (Å²) in [5.74, 6) is -0.102. The van der Waals surface area contributed by atoms with E-state index < -0.39 is 10.0 Å². The van der Waals surface area contributed by atoms with E-state index in [0.717, 1.165) is 5.56 Å². The first-order chi connectivity index (χ1) is 7.44. The molecule has 90 valence electrons. The van der Waals surface area contributed by atoms with E-state index in [2.05, 4.69) is 4.72 Å². The van der Waals surface area contributed by atoms with E-state index in [1.54, 1.807) is 25.1 Å². The third kappa shape index (κ3) is 4.00. The van der Waals surface area contributed by atoms with Gasteiger partial charge in [0.1, 0.15) is 0 Å². The lowest BCUT2D eigenvalue weighted by Crippen LogP contribution is -2.18. The summed E-state index contributed by atoms with van der Waals surface area (Å²) in [5, 5.41) is 9.06. The quantitative estimate of drug-likeness (QED) is 0.851. The summed E-state index contributed by atoms with van der Waals surface area (Å²) in [6.07, 6.45) is 0.217. The summed E-state index contributed by atoms with van der Waals surface area (Å²) in [5.41, 5.74) is 1.28. The first-order valence-corrected chi connectivity index (χ1v) is 6.85. The Bertz CT molecular complexity index is 459. The van der Waals surface area contributed by atoms with Crippen LogP contribution in [0.5, 0.6) is 0 Å². The molecular weight excluding hydrogens is 250 g/mol. The van der Waals surface area contributed by atoms with Gasteiger partial charge >= 0.3 is 0 Å². The lowest BCUT2D eigenvalue weighted by molar-refractivity contribution is 0.295. The van der Waals surface area contributed by atoms with E-state index in [-0.39, 0.29) is 18.8 Å². The Morgan fingerprint density at radius 3 is 2.75 bits per heavy atom. The predicted molar refractivity (Wildman–Crippen MR) is 65.3 cm³/mol. The Balaban J connectivity index is 2.83. The molecule has 0 heterocycles. The molecule has 0 saturated carbocycles. The minimum atomic E-state index is -3.40. The van der Waals surface area contributed by atoms with Gasteiger partial charge in [0.2, 0.25) is 10.0 Å². The molecule has 0 radical (unpaired) electrons. The molecule has 6 heteroatoms. The van der Waals surface area contributed by atoms with Crippen molar-refractivity contribution >= 4 is 27.3 Å². The van der Waals surface area contributed by atoms with E-state index in [1.165, 1.54) is 0 Å². The van der Waals surface area contributed by atoms with Crippen molar-refractivity contribution in [3.8, 4) is 0 Å². The fraction of sp³-hybridized carbons (Fsp3) is 0.400. The van der Waals surface area contributed by atoms with Gasteiger partial charge < -0.3 is 5.11 Å². The van der Waals surface area contributed by atoms with Gasteiger partial charge in [-0.3, -0.25) is 4.72 Å². The zero-order chi connectivity index (χ0) is 12.2. The first-order valence-electron chi connectivity index (χ1n) is 4.82. The summed E-state index contributed by atoms with van der Waals surface area (Å²) in [7, 11) is -3.40. The van der Waals surface area contributed by atoms with E-state index in [4.69, 9.17) is 16.7 Å². The molecule has 1 aromatic carbocycles. The van der Waals surface area contributed by atoms with Gasteiger partial charge in [0, 0.05) is 11.6 Å². The van der Waals surface area contributed by atoms with E-state index in [9.17, 15) is 8.42 Å². The summed E-state index contributed by atoms with van der Waals surface area (Å²) in [6.45, 7) is 1.65. The molecule has 0 unspecified atom stereocenters. The average Bonchev–Trinajstić information content (AvgIpc) is 2.20. The molecule has 0 bridgehead atoms. The average molecular weight is 264 g/mol. The van der Waals surface area contributed by atoms with Crippen LogP contribution >= 0.6 is 11.6 Å². The number of hydrogen-bond acceptors (Lipinski definition) is 3. The molecule has 0 atom stereocenters. The van der Waals surface area contributed by atoms with Gasteiger partial charge in [0.25, 0.3) is 0 Å². The fourth-order valence-electron chi connectivity index (χ4n) is 1.18. The second-order valence-electron chi connectivity index (χ2n) is 3.46. The fourth-order valence-corrected chi connectivity index (χ4v) is 2.52. The monoisotopic (exact) mass is 263 g/mol.